The molecule has 0 amide bonds. The lowest BCUT2D eigenvalue weighted by Crippen LogP contribution is -2.15. The molecule has 3 aliphatic carbocycles. The van der Waals surface area contributed by atoms with E-state index in [1.54, 1.807) is 5.57 Å². The average molecular weight is 771 g/mol. The monoisotopic (exact) mass is 770 g/mol. The van der Waals surface area contributed by atoms with Gasteiger partial charge in [-0.05, 0) is 95.7 Å². The Kier molecular flexibility index (Phi) is 9.51. The zero-order chi connectivity index (χ0) is 39.2. The maximum absolute atomic E-state index is 7.00. The summed E-state index contributed by atoms with van der Waals surface area (Å²) < 4.78 is 9.15. The van der Waals surface area contributed by atoms with Crippen LogP contribution in [0.2, 0.25) is 0 Å². The maximum Gasteiger partial charge on any atom is 0.129 e. The largest absolute Gasteiger partial charge is 0.485 e. The van der Waals surface area contributed by atoms with Gasteiger partial charge in [0.25, 0.3) is 0 Å². The van der Waals surface area contributed by atoms with Crippen molar-refractivity contribution in [1.29, 1.82) is 0 Å². The number of hydrogen-bond acceptors (Lipinski definition) is 4. The van der Waals surface area contributed by atoms with Crippen LogP contribution in [0.5, 0.6) is 5.75 Å². The standard InChI is InChI=1S/C54H46N2OS/c1-34-21-23-36(24-22-34)37-25-27-38(28-26-37)40-29-30-50-47(32-40)53-43(16-10-19-51(53)57-50)35(2)56-49(39-11-4-3-5-12-39)33-48(55)42-14-8-13-41(31-42)44-17-9-18-46-45-15-6-7-20-52(45)58-54(44)46/h3-18,20-21,23,25,27,29-34,36,51H,2,19,22,24,26,28,55H2,1H3/b48-33-,56-49+. The van der Waals surface area contributed by atoms with E-state index in [0.717, 1.165) is 64.1 Å². The van der Waals surface area contributed by atoms with E-state index < -0.39 is 0 Å². The highest BCUT2D eigenvalue weighted by Crippen LogP contribution is 2.47. The Morgan fingerprint density at radius 1 is 0.793 bits per heavy atom. The first kappa shape index (κ1) is 36.1. The van der Waals surface area contributed by atoms with Crippen molar-refractivity contribution in [3.63, 3.8) is 0 Å². The third-order valence-corrected chi connectivity index (χ3v) is 13.5. The van der Waals surface area contributed by atoms with Gasteiger partial charge in [-0.15, -0.1) is 11.3 Å². The molecule has 3 unspecified atom stereocenters. The van der Waals surface area contributed by atoms with Crippen molar-refractivity contribution in [3.8, 4) is 16.9 Å². The van der Waals surface area contributed by atoms with Gasteiger partial charge in [0, 0.05) is 54.6 Å². The van der Waals surface area contributed by atoms with Gasteiger partial charge in [0.05, 0.1) is 11.4 Å². The molecule has 2 heterocycles. The molecule has 3 nitrogen and oxygen atoms in total. The molecule has 10 rings (SSSR count). The molecule has 1 aromatic heterocycles. The van der Waals surface area contributed by atoms with E-state index in [4.69, 9.17) is 15.5 Å². The molecular weight excluding hydrogens is 725 g/mol. The summed E-state index contributed by atoms with van der Waals surface area (Å²) >= 11 is 1.84. The Balaban J connectivity index is 0.987. The number of allylic oxidation sites excluding steroid dienone is 8. The van der Waals surface area contributed by atoms with Crippen molar-refractivity contribution < 1.29 is 4.74 Å². The van der Waals surface area contributed by atoms with E-state index >= 15 is 0 Å². The second kappa shape index (κ2) is 15.3. The molecule has 2 N–H and O–H groups in total. The number of hydrogen-bond donors (Lipinski definition) is 1. The highest BCUT2D eigenvalue weighted by atomic mass is 32.1. The van der Waals surface area contributed by atoms with Crippen molar-refractivity contribution in [2.45, 2.75) is 45.1 Å². The summed E-state index contributed by atoms with van der Waals surface area (Å²) in [5.41, 5.74) is 20.8. The summed E-state index contributed by atoms with van der Waals surface area (Å²) in [4.78, 5) is 5.26. The molecule has 6 aromatic rings. The smallest absolute Gasteiger partial charge is 0.129 e. The van der Waals surface area contributed by atoms with Crippen molar-refractivity contribution in [1.82, 2.24) is 0 Å². The lowest BCUT2D eigenvalue weighted by Gasteiger charge is -2.25. The van der Waals surface area contributed by atoms with Gasteiger partial charge in [-0.25, -0.2) is 4.99 Å². The number of benzene rings is 5. The average Bonchev–Trinajstić information content (AvgIpc) is 3.85. The normalized spacial score (nSPS) is 20.5. The number of rotatable bonds is 8. The number of ether oxygens (including phenoxy) is 1. The first-order chi connectivity index (χ1) is 28.5. The lowest BCUT2D eigenvalue weighted by molar-refractivity contribution is 0.278. The van der Waals surface area contributed by atoms with Crippen LogP contribution in [0.25, 0.3) is 48.1 Å². The van der Waals surface area contributed by atoms with Crippen LogP contribution >= 0.6 is 11.3 Å². The van der Waals surface area contributed by atoms with E-state index in [2.05, 4.69) is 147 Å². The van der Waals surface area contributed by atoms with Crippen LogP contribution in [0, 0.1) is 11.8 Å². The molecular formula is C54H46N2OS. The number of fused-ring (bicyclic) bond motifs is 6. The zero-order valence-electron chi connectivity index (χ0n) is 32.8. The molecule has 5 aromatic carbocycles. The van der Waals surface area contributed by atoms with Gasteiger partial charge in [-0.2, -0.15) is 0 Å². The van der Waals surface area contributed by atoms with Crippen LogP contribution in [-0.4, -0.2) is 11.8 Å². The SMILES string of the molecule is C=C(/N=C(\C=C(/N)c1cccc(-c2cccc3c2sc2ccccc23)c1)c1ccccc1)C1=C2c3cc(C4=CC=C(C5C=CC(C)CC5)CC4)ccc3OC2CC=C1. The fraction of sp³-hybridized carbons (Fsp3) is 0.167. The molecule has 0 bridgehead atoms. The van der Waals surface area contributed by atoms with Gasteiger partial charge in [0.2, 0.25) is 0 Å². The van der Waals surface area contributed by atoms with Gasteiger partial charge in [-0.3, -0.25) is 0 Å². The molecule has 0 saturated carbocycles. The number of nitrogens with zero attached hydrogens (tertiary/aromatic N) is 1. The van der Waals surface area contributed by atoms with Crippen LogP contribution < -0.4 is 10.5 Å². The molecule has 0 spiro atoms. The molecule has 1 aliphatic heterocycles. The Hall–Kier alpha value is -6.23. The van der Waals surface area contributed by atoms with E-state index in [9.17, 15) is 0 Å². The van der Waals surface area contributed by atoms with Gasteiger partial charge in [-0.1, -0.05) is 147 Å². The molecule has 0 fully saturated rings. The Bertz CT molecular complexity index is 2840. The molecule has 4 aliphatic rings. The summed E-state index contributed by atoms with van der Waals surface area (Å²) in [6.07, 6.45) is 21.3. The highest BCUT2D eigenvalue weighted by molar-refractivity contribution is 7.26. The zero-order valence-corrected chi connectivity index (χ0v) is 33.6. The predicted octanol–water partition coefficient (Wildman–Crippen LogP) is 13.9. The predicted molar refractivity (Wildman–Crippen MR) is 247 cm³/mol. The third-order valence-electron chi connectivity index (χ3n) is 12.3. The minimum Gasteiger partial charge on any atom is -0.485 e. The maximum atomic E-state index is 7.00. The summed E-state index contributed by atoms with van der Waals surface area (Å²) in [6, 6.07) is 40.7. The second-order valence-electron chi connectivity index (χ2n) is 16.0. The third kappa shape index (κ3) is 6.82. The van der Waals surface area contributed by atoms with Gasteiger partial charge in [0.1, 0.15) is 11.9 Å². The van der Waals surface area contributed by atoms with E-state index in [0.29, 0.717) is 23.2 Å². The Labute approximate surface area is 345 Å². The van der Waals surface area contributed by atoms with Gasteiger partial charge < -0.3 is 10.5 Å². The molecule has 0 radical (unpaired) electrons. The van der Waals surface area contributed by atoms with Crippen molar-refractivity contribution >= 4 is 54.1 Å². The number of aliphatic imine (C=N–C) groups is 1. The summed E-state index contributed by atoms with van der Waals surface area (Å²) in [5.74, 6) is 2.21. The van der Waals surface area contributed by atoms with Crippen molar-refractivity contribution in [2.24, 2.45) is 22.6 Å². The first-order valence-electron chi connectivity index (χ1n) is 20.6. The Morgan fingerprint density at radius 3 is 2.47 bits per heavy atom. The minimum atomic E-state index is -0.0709. The number of nitrogens with two attached hydrogens (primary N) is 1. The highest BCUT2D eigenvalue weighted by Gasteiger charge is 2.33. The second-order valence-corrected chi connectivity index (χ2v) is 17.1. The van der Waals surface area contributed by atoms with Crippen LogP contribution in [0.15, 0.2) is 186 Å². The fourth-order valence-electron chi connectivity index (χ4n) is 9.10. The van der Waals surface area contributed by atoms with Gasteiger partial charge >= 0.3 is 0 Å². The van der Waals surface area contributed by atoms with Crippen molar-refractivity contribution in [2.75, 3.05) is 0 Å². The number of thiophene rings is 1. The summed E-state index contributed by atoms with van der Waals surface area (Å²) in [6.45, 7) is 6.90. The van der Waals surface area contributed by atoms with Crippen LogP contribution in [0.3, 0.4) is 0 Å². The Morgan fingerprint density at radius 2 is 1.62 bits per heavy atom. The quantitative estimate of drug-likeness (QED) is 0.124. The lowest BCUT2D eigenvalue weighted by atomic mass is 9.80. The van der Waals surface area contributed by atoms with E-state index in [1.165, 1.54) is 49.7 Å². The summed E-state index contributed by atoms with van der Waals surface area (Å²) in [5, 5.41) is 2.58. The molecule has 4 heteroatoms. The first-order valence-corrected chi connectivity index (χ1v) is 21.4. The van der Waals surface area contributed by atoms with Gasteiger partial charge in [0.15, 0.2) is 0 Å². The minimum absolute atomic E-state index is 0.0709. The van der Waals surface area contributed by atoms with E-state index in [1.807, 2.05) is 35.6 Å². The molecule has 284 valence electrons. The molecule has 0 saturated heterocycles. The fourth-order valence-corrected chi connectivity index (χ4v) is 10.3. The molecule has 58 heavy (non-hydrogen) atoms. The van der Waals surface area contributed by atoms with E-state index in [-0.39, 0.29) is 6.10 Å². The van der Waals surface area contributed by atoms with Crippen molar-refractivity contribution in [3.05, 3.63) is 203 Å². The summed E-state index contributed by atoms with van der Waals surface area (Å²) in [7, 11) is 0. The topological polar surface area (TPSA) is 47.6 Å². The molecule has 3 atom stereocenters. The van der Waals surface area contributed by atoms with Crippen LogP contribution in [0.4, 0.5) is 0 Å². The van der Waals surface area contributed by atoms with Crippen LogP contribution in [-0.2, 0) is 0 Å². The van der Waals surface area contributed by atoms with Crippen LogP contribution in [0.1, 0.15) is 61.3 Å².